The van der Waals surface area contributed by atoms with E-state index >= 15 is 0 Å². The van der Waals surface area contributed by atoms with Crippen LogP contribution in [-0.2, 0) is 10.0 Å². The van der Waals surface area contributed by atoms with Gasteiger partial charge in [-0.3, -0.25) is 5.43 Å². The van der Waals surface area contributed by atoms with Crippen LogP contribution >= 0.6 is 11.3 Å². The van der Waals surface area contributed by atoms with Crippen molar-refractivity contribution >= 4 is 32.7 Å². The van der Waals surface area contributed by atoms with Crippen LogP contribution in [0, 0.1) is 0 Å². The van der Waals surface area contributed by atoms with Crippen molar-refractivity contribution in [2.24, 2.45) is 5.10 Å². The van der Waals surface area contributed by atoms with Crippen LogP contribution in [0.2, 0.25) is 0 Å². The van der Waals surface area contributed by atoms with Gasteiger partial charge in [-0.25, -0.2) is 13.4 Å². The van der Waals surface area contributed by atoms with Gasteiger partial charge in [0.1, 0.15) is 0 Å². The topological polar surface area (TPSA) is 93.1 Å². The standard InChI is InChI=1S/C22H24N4O4S2/c1-29-20-10-6-8-17(21(20)30-2)14-23-25-22-24-19(15-31-22)16-7-5-9-18(13-16)32(27,28)26-11-3-4-12-26/h5-10,13-15H,3-4,11-12H2,1-2H3,(H,24,25). The third-order valence-electron chi connectivity index (χ3n) is 5.13. The van der Waals surface area contributed by atoms with Crippen LogP contribution in [0.25, 0.3) is 11.3 Å². The third-order valence-corrected chi connectivity index (χ3v) is 7.78. The Balaban J connectivity index is 1.50. The van der Waals surface area contributed by atoms with E-state index in [0.29, 0.717) is 40.3 Å². The van der Waals surface area contributed by atoms with E-state index in [9.17, 15) is 8.42 Å². The molecule has 0 atom stereocenters. The quantitative estimate of drug-likeness (QED) is 0.393. The molecule has 0 aliphatic carbocycles. The predicted octanol–water partition coefficient (Wildman–Crippen LogP) is 4.06. The monoisotopic (exact) mass is 472 g/mol. The van der Waals surface area contributed by atoms with E-state index < -0.39 is 10.0 Å². The average Bonchev–Trinajstić information content (AvgIpc) is 3.52. The van der Waals surface area contributed by atoms with Gasteiger partial charge in [-0.2, -0.15) is 9.41 Å². The number of aromatic nitrogens is 1. The summed E-state index contributed by atoms with van der Waals surface area (Å²) >= 11 is 1.38. The summed E-state index contributed by atoms with van der Waals surface area (Å²) in [5.74, 6) is 1.22. The van der Waals surface area contributed by atoms with Gasteiger partial charge in [0.15, 0.2) is 11.5 Å². The molecule has 0 unspecified atom stereocenters. The average molecular weight is 473 g/mol. The molecule has 0 saturated carbocycles. The van der Waals surface area contributed by atoms with E-state index in [-0.39, 0.29) is 0 Å². The van der Waals surface area contributed by atoms with Crippen LogP contribution in [-0.4, -0.2) is 51.2 Å². The first kappa shape index (κ1) is 22.3. The number of nitrogens with one attached hydrogen (secondary N) is 1. The lowest BCUT2D eigenvalue weighted by molar-refractivity contribution is 0.354. The summed E-state index contributed by atoms with van der Waals surface area (Å²) in [5.41, 5.74) is 5.10. The van der Waals surface area contributed by atoms with E-state index in [2.05, 4.69) is 15.5 Å². The molecule has 0 bridgehead atoms. The van der Waals surface area contributed by atoms with Crippen molar-refractivity contribution < 1.29 is 17.9 Å². The summed E-state index contributed by atoms with van der Waals surface area (Å²) < 4.78 is 37.9. The fraction of sp³-hybridized carbons (Fsp3) is 0.273. The first-order valence-corrected chi connectivity index (χ1v) is 12.4. The van der Waals surface area contributed by atoms with Crippen molar-refractivity contribution in [2.75, 3.05) is 32.7 Å². The van der Waals surface area contributed by atoms with Crippen LogP contribution in [0.3, 0.4) is 0 Å². The zero-order chi connectivity index (χ0) is 22.6. The van der Waals surface area contributed by atoms with E-state index in [1.165, 1.54) is 11.3 Å². The normalized spacial score (nSPS) is 14.7. The third kappa shape index (κ3) is 4.62. The zero-order valence-corrected chi connectivity index (χ0v) is 19.4. The van der Waals surface area contributed by atoms with E-state index in [0.717, 1.165) is 24.0 Å². The van der Waals surface area contributed by atoms with Crippen LogP contribution in [0.4, 0.5) is 5.13 Å². The van der Waals surface area contributed by atoms with Crippen molar-refractivity contribution in [3.8, 4) is 22.8 Å². The van der Waals surface area contributed by atoms with Crippen molar-refractivity contribution in [2.45, 2.75) is 17.7 Å². The summed E-state index contributed by atoms with van der Waals surface area (Å²) in [6.45, 7) is 1.15. The first-order valence-electron chi connectivity index (χ1n) is 10.1. The number of sulfonamides is 1. The van der Waals surface area contributed by atoms with Gasteiger partial charge in [-0.05, 0) is 37.1 Å². The van der Waals surface area contributed by atoms with Crippen molar-refractivity contribution in [3.05, 3.63) is 53.4 Å². The van der Waals surface area contributed by atoms with Crippen molar-refractivity contribution in [1.29, 1.82) is 0 Å². The second kappa shape index (κ2) is 9.68. The maximum Gasteiger partial charge on any atom is 0.243 e. The molecule has 168 valence electrons. The number of anilines is 1. The Morgan fingerprint density at radius 2 is 1.91 bits per heavy atom. The minimum Gasteiger partial charge on any atom is -0.493 e. The molecule has 1 aromatic heterocycles. The Bertz CT molecular complexity index is 1220. The Morgan fingerprint density at radius 1 is 1.12 bits per heavy atom. The molecule has 32 heavy (non-hydrogen) atoms. The summed E-state index contributed by atoms with van der Waals surface area (Å²) in [6, 6.07) is 12.4. The molecular formula is C22H24N4O4S2. The van der Waals surface area contributed by atoms with Gasteiger partial charge in [-0.1, -0.05) is 18.2 Å². The first-order chi connectivity index (χ1) is 15.5. The number of para-hydroxylation sites is 1. The molecule has 1 fully saturated rings. The fourth-order valence-electron chi connectivity index (χ4n) is 3.52. The number of hydrazone groups is 1. The van der Waals surface area contributed by atoms with Gasteiger partial charge in [0.05, 0.1) is 31.0 Å². The number of methoxy groups -OCH3 is 2. The molecule has 3 aromatic rings. The molecule has 8 nitrogen and oxygen atoms in total. The molecule has 10 heteroatoms. The minimum absolute atomic E-state index is 0.294. The SMILES string of the molecule is COc1cccc(C=NNc2nc(-c3cccc(S(=O)(=O)N4CCCC4)c3)cs2)c1OC. The van der Waals surface area contributed by atoms with Crippen molar-refractivity contribution in [1.82, 2.24) is 9.29 Å². The van der Waals surface area contributed by atoms with E-state index in [4.69, 9.17) is 9.47 Å². The van der Waals surface area contributed by atoms with Gasteiger partial charge >= 0.3 is 0 Å². The Hall–Kier alpha value is -2.95. The van der Waals surface area contributed by atoms with Gasteiger partial charge < -0.3 is 9.47 Å². The number of thiazole rings is 1. The highest BCUT2D eigenvalue weighted by Gasteiger charge is 2.27. The highest BCUT2D eigenvalue weighted by atomic mass is 32.2. The molecule has 1 N–H and O–H groups in total. The minimum atomic E-state index is -3.47. The molecule has 1 aliphatic rings. The highest BCUT2D eigenvalue weighted by Crippen LogP contribution is 2.30. The van der Waals surface area contributed by atoms with Gasteiger partial charge in [0.2, 0.25) is 15.2 Å². The molecule has 0 spiro atoms. The van der Waals surface area contributed by atoms with Gasteiger partial charge in [0.25, 0.3) is 0 Å². The molecule has 4 rings (SSSR count). The van der Waals surface area contributed by atoms with E-state index in [1.807, 2.05) is 29.6 Å². The maximum absolute atomic E-state index is 12.9. The number of hydrogen-bond donors (Lipinski definition) is 1. The Labute approximate surface area is 191 Å². The maximum atomic E-state index is 12.9. The number of nitrogens with zero attached hydrogens (tertiary/aromatic N) is 3. The second-order valence-electron chi connectivity index (χ2n) is 7.13. The Kier molecular flexibility index (Phi) is 6.73. The smallest absolute Gasteiger partial charge is 0.243 e. The number of hydrogen-bond acceptors (Lipinski definition) is 8. The lowest BCUT2D eigenvalue weighted by Crippen LogP contribution is -2.27. The van der Waals surface area contributed by atoms with Crippen LogP contribution in [0.15, 0.2) is 57.8 Å². The zero-order valence-electron chi connectivity index (χ0n) is 17.8. The molecule has 0 radical (unpaired) electrons. The van der Waals surface area contributed by atoms with E-state index in [1.54, 1.807) is 42.9 Å². The van der Waals surface area contributed by atoms with Gasteiger partial charge in [-0.15, -0.1) is 11.3 Å². The van der Waals surface area contributed by atoms with Crippen molar-refractivity contribution in [3.63, 3.8) is 0 Å². The summed E-state index contributed by atoms with van der Waals surface area (Å²) in [7, 11) is -0.312. The number of benzene rings is 2. The summed E-state index contributed by atoms with van der Waals surface area (Å²) in [6.07, 6.45) is 3.44. The molecule has 1 saturated heterocycles. The largest absolute Gasteiger partial charge is 0.493 e. The molecule has 0 amide bonds. The lowest BCUT2D eigenvalue weighted by Gasteiger charge is -2.15. The van der Waals surface area contributed by atoms with Gasteiger partial charge in [0, 0.05) is 29.6 Å². The number of rotatable bonds is 8. The lowest BCUT2D eigenvalue weighted by atomic mass is 10.2. The Morgan fingerprint density at radius 3 is 2.66 bits per heavy atom. The number of ether oxygens (including phenoxy) is 2. The van der Waals surface area contributed by atoms with Crippen LogP contribution in [0.5, 0.6) is 11.5 Å². The summed E-state index contributed by atoms with van der Waals surface area (Å²) in [4.78, 5) is 4.83. The van der Waals surface area contributed by atoms with Crippen LogP contribution < -0.4 is 14.9 Å². The molecule has 1 aliphatic heterocycles. The second-order valence-corrected chi connectivity index (χ2v) is 9.93. The van der Waals surface area contributed by atoms with Crippen LogP contribution in [0.1, 0.15) is 18.4 Å². The predicted molar refractivity (Wildman–Crippen MR) is 126 cm³/mol. The molecule has 2 aromatic carbocycles. The molecular weight excluding hydrogens is 448 g/mol. The summed E-state index contributed by atoms with van der Waals surface area (Å²) in [5, 5.41) is 6.70. The molecule has 2 heterocycles. The fourth-order valence-corrected chi connectivity index (χ4v) is 5.75. The highest BCUT2D eigenvalue weighted by molar-refractivity contribution is 7.89.